The van der Waals surface area contributed by atoms with Crippen molar-refractivity contribution < 1.29 is 14.3 Å². The van der Waals surface area contributed by atoms with E-state index >= 15 is 0 Å². The lowest BCUT2D eigenvalue weighted by Gasteiger charge is -2.19. The summed E-state index contributed by atoms with van der Waals surface area (Å²) in [6.45, 7) is 3.14. The first kappa shape index (κ1) is 17.5. The first-order valence-electron chi connectivity index (χ1n) is 8.88. The van der Waals surface area contributed by atoms with Crippen LogP contribution in [0, 0.1) is 6.92 Å². The molecule has 0 bridgehead atoms. The Morgan fingerprint density at radius 2 is 1.89 bits per heavy atom. The smallest absolute Gasteiger partial charge is 0.224 e. The zero-order valence-corrected chi connectivity index (χ0v) is 15.8. The largest absolute Gasteiger partial charge is 0.486 e. The number of rotatable bonds is 5. The molecule has 2 aromatic carbocycles. The predicted octanol–water partition coefficient (Wildman–Crippen LogP) is 4.46. The normalized spacial score (nSPS) is 12.6. The Labute approximate surface area is 162 Å². The van der Waals surface area contributed by atoms with E-state index in [0.717, 1.165) is 16.3 Å². The molecule has 4 rings (SSSR count). The molecule has 2 heterocycles. The number of fused-ring (bicyclic) bond motifs is 1. The highest BCUT2D eigenvalue weighted by atomic mass is 32.1. The maximum absolute atomic E-state index is 12.3. The van der Waals surface area contributed by atoms with Crippen molar-refractivity contribution >= 4 is 22.9 Å². The van der Waals surface area contributed by atoms with Crippen LogP contribution in [0.5, 0.6) is 11.5 Å². The van der Waals surface area contributed by atoms with Crippen molar-refractivity contribution in [2.75, 3.05) is 18.5 Å². The lowest BCUT2D eigenvalue weighted by molar-refractivity contribution is -0.116. The standard InChI is InChI=1S/C21H20N2O3S/c1-14-2-4-15(5-3-14)21-23-17(13-27-21)7-9-20(24)22-16-6-8-18-19(12-16)26-11-10-25-18/h2-6,8,12-13H,7,9-11H2,1H3,(H,22,24). The lowest BCUT2D eigenvalue weighted by Crippen LogP contribution is -2.16. The van der Waals surface area contributed by atoms with Gasteiger partial charge in [0.05, 0.1) is 5.69 Å². The first-order chi connectivity index (χ1) is 13.2. The first-order valence-corrected chi connectivity index (χ1v) is 9.76. The van der Waals surface area contributed by atoms with E-state index < -0.39 is 0 Å². The number of aromatic nitrogens is 1. The minimum absolute atomic E-state index is 0.0448. The molecule has 6 heteroatoms. The van der Waals surface area contributed by atoms with Crippen molar-refractivity contribution in [3.05, 3.63) is 59.1 Å². The molecule has 0 saturated carbocycles. The maximum Gasteiger partial charge on any atom is 0.224 e. The number of nitrogens with zero attached hydrogens (tertiary/aromatic N) is 1. The maximum atomic E-state index is 12.3. The number of carbonyl (C=O) groups excluding carboxylic acids is 1. The predicted molar refractivity (Wildman–Crippen MR) is 107 cm³/mol. The van der Waals surface area contributed by atoms with Gasteiger partial charge in [0.25, 0.3) is 0 Å². The fourth-order valence-electron chi connectivity index (χ4n) is 2.84. The molecule has 1 aliphatic rings. The van der Waals surface area contributed by atoms with E-state index in [4.69, 9.17) is 9.47 Å². The van der Waals surface area contributed by atoms with Crippen molar-refractivity contribution in [1.82, 2.24) is 4.98 Å². The molecule has 5 nitrogen and oxygen atoms in total. The summed E-state index contributed by atoms with van der Waals surface area (Å²) in [4.78, 5) is 16.9. The van der Waals surface area contributed by atoms with Gasteiger partial charge in [-0.05, 0) is 25.5 Å². The average molecular weight is 380 g/mol. The summed E-state index contributed by atoms with van der Waals surface area (Å²) in [5.74, 6) is 1.34. The van der Waals surface area contributed by atoms with Crippen molar-refractivity contribution in [3.63, 3.8) is 0 Å². The number of hydrogen-bond acceptors (Lipinski definition) is 5. The van der Waals surface area contributed by atoms with Gasteiger partial charge >= 0.3 is 0 Å². The monoisotopic (exact) mass is 380 g/mol. The number of nitrogens with one attached hydrogen (secondary N) is 1. The van der Waals surface area contributed by atoms with Gasteiger partial charge in [0, 0.05) is 29.1 Å². The number of amides is 1. The molecule has 0 spiro atoms. The van der Waals surface area contributed by atoms with E-state index in [-0.39, 0.29) is 5.91 Å². The number of ether oxygens (including phenoxy) is 2. The Kier molecular flexibility index (Phi) is 5.07. The summed E-state index contributed by atoms with van der Waals surface area (Å²) in [6.07, 6.45) is 0.990. The molecule has 1 aliphatic heterocycles. The van der Waals surface area contributed by atoms with Gasteiger partial charge in [-0.25, -0.2) is 4.98 Å². The third-order valence-corrected chi connectivity index (χ3v) is 5.22. The molecule has 3 aromatic rings. The third kappa shape index (κ3) is 4.28. The van der Waals surface area contributed by atoms with Crippen molar-refractivity contribution in [2.45, 2.75) is 19.8 Å². The molecule has 0 saturated heterocycles. The van der Waals surface area contributed by atoms with E-state index in [1.165, 1.54) is 5.56 Å². The van der Waals surface area contributed by atoms with Crippen LogP contribution in [0.2, 0.25) is 0 Å². The van der Waals surface area contributed by atoms with Crippen LogP contribution < -0.4 is 14.8 Å². The highest BCUT2D eigenvalue weighted by molar-refractivity contribution is 7.13. The van der Waals surface area contributed by atoms with E-state index in [1.54, 1.807) is 17.4 Å². The molecule has 0 fully saturated rings. The zero-order chi connectivity index (χ0) is 18.6. The van der Waals surface area contributed by atoms with Gasteiger partial charge in [0.2, 0.25) is 5.91 Å². The molecule has 27 heavy (non-hydrogen) atoms. The van der Waals surface area contributed by atoms with Gasteiger partial charge in [-0.1, -0.05) is 29.8 Å². The lowest BCUT2D eigenvalue weighted by atomic mass is 10.1. The SMILES string of the molecule is Cc1ccc(-c2nc(CCC(=O)Nc3ccc4c(c3)OCCO4)cs2)cc1. The Bertz CT molecular complexity index is 950. The molecule has 0 unspecified atom stereocenters. The van der Waals surface area contributed by atoms with Gasteiger partial charge in [0.1, 0.15) is 18.2 Å². The number of benzene rings is 2. The Hall–Kier alpha value is -2.86. The van der Waals surface area contributed by atoms with Gasteiger partial charge in [-0.2, -0.15) is 0 Å². The topological polar surface area (TPSA) is 60.5 Å². The second-order valence-corrected chi connectivity index (χ2v) is 7.27. The number of anilines is 1. The van der Waals surface area contributed by atoms with E-state index in [1.807, 2.05) is 17.5 Å². The van der Waals surface area contributed by atoms with E-state index in [9.17, 15) is 4.79 Å². The summed E-state index contributed by atoms with van der Waals surface area (Å²) in [5.41, 5.74) is 3.99. The molecule has 1 aromatic heterocycles. The molecule has 138 valence electrons. The molecule has 0 radical (unpaired) electrons. The quantitative estimate of drug-likeness (QED) is 0.710. The number of thiazole rings is 1. The van der Waals surface area contributed by atoms with Crippen LogP contribution in [0.3, 0.4) is 0 Å². The Morgan fingerprint density at radius 3 is 2.70 bits per heavy atom. The van der Waals surface area contributed by atoms with Crippen LogP contribution in [0.15, 0.2) is 47.8 Å². The van der Waals surface area contributed by atoms with Gasteiger partial charge < -0.3 is 14.8 Å². The van der Waals surface area contributed by atoms with Crippen LogP contribution in [-0.2, 0) is 11.2 Å². The fraction of sp³-hybridized carbons (Fsp3) is 0.238. The van der Waals surface area contributed by atoms with Crippen LogP contribution in [0.1, 0.15) is 17.7 Å². The van der Waals surface area contributed by atoms with Crippen LogP contribution in [0.25, 0.3) is 10.6 Å². The van der Waals surface area contributed by atoms with Gasteiger partial charge in [-0.3, -0.25) is 4.79 Å². The molecular weight excluding hydrogens is 360 g/mol. The summed E-state index contributed by atoms with van der Waals surface area (Å²) >= 11 is 1.61. The minimum Gasteiger partial charge on any atom is -0.486 e. The second-order valence-electron chi connectivity index (χ2n) is 6.42. The Morgan fingerprint density at radius 1 is 1.11 bits per heavy atom. The molecular formula is C21H20N2O3S. The third-order valence-electron chi connectivity index (χ3n) is 4.28. The summed E-state index contributed by atoms with van der Waals surface area (Å²) in [5, 5.41) is 5.91. The molecule has 0 aliphatic carbocycles. The fourth-order valence-corrected chi connectivity index (χ4v) is 3.70. The molecule has 1 N–H and O–H groups in total. The highest BCUT2D eigenvalue weighted by Crippen LogP contribution is 2.32. The second kappa shape index (κ2) is 7.80. The highest BCUT2D eigenvalue weighted by Gasteiger charge is 2.13. The van der Waals surface area contributed by atoms with Gasteiger partial charge in [-0.15, -0.1) is 11.3 Å². The summed E-state index contributed by atoms with van der Waals surface area (Å²) in [7, 11) is 0. The molecule has 1 amide bonds. The van der Waals surface area contributed by atoms with E-state index in [2.05, 4.69) is 41.5 Å². The van der Waals surface area contributed by atoms with Crippen LogP contribution >= 0.6 is 11.3 Å². The number of hydrogen-bond donors (Lipinski definition) is 1. The van der Waals surface area contributed by atoms with Crippen molar-refractivity contribution in [2.24, 2.45) is 0 Å². The van der Waals surface area contributed by atoms with E-state index in [0.29, 0.717) is 43.2 Å². The van der Waals surface area contributed by atoms with Crippen LogP contribution in [-0.4, -0.2) is 24.1 Å². The molecule has 0 atom stereocenters. The number of carbonyl (C=O) groups is 1. The van der Waals surface area contributed by atoms with Gasteiger partial charge in [0.15, 0.2) is 11.5 Å². The summed E-state index contributed by atoms with van der Waals surface area (Å²) in [6, 6.07) is 13.8. The van der Waals surface area contributed by atoms with Crippen LogP contribution in [0.4, 0.5) is 5.69 Å². The number of aryl methyl sites for hydroxylation is 2. The van der Waals surface area contributed by atoms with Crippen molar-refractivity contribution in [1.29, 1.82) is 0 Å². The Balaban J connectivity index is 1.34. The minimum atomic E-state index is -0.0448. The van der Waals surface area contributed by atoms with Crippen molar-refractivity contribution in [3.8, 4) is 22.1 Å². The average Bonchev–Trinajstić information content (AvgIpc) is 3.16. The zero-order valence-electron chi connectivity index (χ0n) is 15.0. The summed E-state index contributed by atoms with van der Waals surface area (Å²) < 4.78 is 11.0.